The summed E-state index contributed by atoms with van der Waals surface area (Å²) in [6, 6.07) is 0. The maximum atomic E-state index is 10.2. The Kier molecular flexibility index (Phi) is 9.89. The molecule has 0 aromatic carbocycles. The van der Waals surface area contributed by atoms with Gasteiger partial charge in [-0.2, -0.15) is 0 Å². The minimum absolute atomic E-state index is 0. The molecule has 0 aromatic heterocycles. The first-order valence-electron chi connectivity index (χ1n) is 2.48. The van der Waals surface area contributed by atoms with Gasteiger partial charge >= 0.3 is 35.5 Å². The predicted octanol–water partition coefficient (Wildman–Crippen LogP) is 1.03. The van der Waals surface area contributed by atoms with E-state index in [0.717, 1.165) is 6.42 Å². The second kappa shape index (κ2) is 7.06. The quantitative estimate of drug-likeness (QED) is 0.382. The summed E-state index contributed by atoms with van der Waals surface area (Å²) in [4.78, 5) is 10.2. The van der Waals surface area contributed by atoms with Gasteiger partial charge in [0.05, 0.1) is 0 Å². The van der Waals surface area contributed by atoms with Crippen LogP contribution in [-0.4, -0.2) is 40.5 Å². The number of carbonyl (C=O) groups is 1. The number of halogens is 1. The first kappa shape index (κ1) is 12.6. The fourth-order valence-electron chi connectivity index (χ4n) is 0.263. The van der Waals surface area contributed by atoms with Crippen molar-refractivity contribution < 1.29 is 9.53 Å². The minimum atomic E-state index is -0.242. The summed E-state index contributed by atoms with van der Waals surface area (Å²) in [5.74, 6) is -0.242. The van der Waals surface area contributed by atoms with E-state index in [2.05, 4.69) is 20.7 Å². The zero-order chi connectivity index (χ0) is 6.57. The summed E-state index contributed by atoms with van der Waals surface area (Å²) < 4.78 is 4.68. The number of ether oxygens (including phenoxy) is 1. The maximum absolute atomic E-state index is 10.2. The molecule has 0 bridgehead atoms. The Balaban J connectivity index is 0. The van der Waals surface area contributed by atoms with E-state index in [1.807, 2.05) is 6.92 Å². The van der Waals surface area contributed by atoms with Crippen molar-refractivity contribution in [2.75, 3.05) is 0 Å². The van der Waals surface area contributed by atoms with Gasteiger partial charge in [-0.1, -0.05) is 6.92 Å². The third-order valence-electron chi connectivity index (χ3n) is 0.615. The van der Waals surface area contributed by atoms with E-state index < -0.39 is 0 Å². The predicted molar refractivity (Wildman–Crippen MR) is 41.9 cm³/mol. The van der Waals surface area contributed by atoms with Gasteiger partial charge in [-0.05, 0) is 22.4 Å². The van der Waals surface area contributed by atoms with Crippen molar-refractivity contribution >= 4 is 51.5 Å². The molecular weight excluding hydrogens is 195 g/mol. The Morgan fingerprint density at radius 2 is 2.22 bits per heavy atom. The molecule has 0 aromatic rings. The molecule has 0 saturated carbocycles. The average Bonchev–Trinajstić information content (AvgIpc) is 1.65. The van der Waals surface area contributed by atoms with Crippen molar-refractivity contribution in [3.05, 3.63) is 0 Å². The Labute approximate surface area is 85.8 Å². The molecule has 0 aliphatic heterocycles. The number of rotatable bonds is 2. The third kappa shape index (κ3) is 8.95. The molecule has 4 heteroatoms. The van der Waals surface area contributed by atoms with Gasteiger partial charge in [0.1, 0.15) is 0 Å². The van der Waals surface area contributed by atoms with Crippen molar-refractivity contribution in [2.45, 2.75) is 25.3 Å². The molecular formula is C5H10BrNaO2. The van der Waals surface area contributed by atoms with Gasteiger partial charge < -0.3 is 4.74 Å². The fourth-order valence-corrected chi connectivity index (χ4v) is 0.527. The molecule has 0 aliphatic rings. The summed E-state index contributed by atoms with van der Waals surface area (Å²) in [5, 5.41) is -0.111. The van der Waals surface area contributed by atoms with E-state index >= 15 is 0 Å². The normalized spacial score (nSPS) is 11.4. The summed E-state index contributed by atoms with van der Waals surface area (Å²) in [7, 11) is 0. The zero-order valence-electron chi connectivity index (χ0n) is 4.98. The Morgan fingerprint density at radius 3 is 2.33 bits per heavy atom. The van der Waals surface area contributed by atoms with Gasteiger partial charge in [0.25, 0.3) is 0 Å². The number of hydrogen-bond donors (Lipinski definition) is 0. The molecule has 1 atom stereocenters. The van der Waals surface area contributed by atoms with Crippen LogP contribution in [0.4, 0.5) is 0 Å². The van der Waals surface area contributed by atoms with Gasteiger partial charge in [-0.25, -0.2) is 0 Å². The van der Waals surface area contributed by atoms with E-state index in [0.29, 0.717) is 0 Å². The Morgan fingerprint density at radius 1 is 1.78 bits per heavy atom. The van der Waals surface area contributed by atoms with Crippen LogP contribution in [0.2, 0.25) is 0 Å². The number of carbonyl (C=O) groups excluding carboxylic acids is 1. The molecule has 0 amide bonds. The van der Waals surface area contributed by atoms with Crippen molar-refractivity contribution in [3.63, 3.8) is 0 Å². The Bertz CT molecular complexity index is 87.0. The molecule has 0 spiro atoms. The van der Waals surface area contributed by atoms with E-state index in [-0.39, 0.29) is 40.5 Å². The van der Waals surface area contributed by atoms with Crippen molar-refractivity contribution in [2.24, 2.45) is 0 Å². The number of esters is 1. The molecule has 2 nitrogen and oxygen atoms in total. The summed E-state index contributed by atoms with van der Waals surface area (Å²) >= 11 is 3.13. The van der Waals surface area contributed by atoms with E-state index in [1.54, 1.807) is 0 Å². The second-order valence-electron chi connectivity index (χ2n) is 1.43. The van der Waals surface area contributed by atoms with Crippen molar-refractivity contribution in [3.8, 4) is 0 Å². The fraction of sp³-hybridized carbons (Fsp3) is 0.800. The average molecular weight is 205 g/mol. The van der Waals surface area contributed by atoms with Crippen LogP contribution >= 0.6 is 15.9 Å². The van der Waals surface area contributed by atoms with Crippen molar-refractivity contribution in [1.82, 2.24) is 0 Å². The monoisotopic (exact) mass is 204 g/mol. The van der Waals surface area contributed by atoms with Crippen LogP contribution in [0.25, 0.3) is 0 Å². The van der Waals surface area contributed by atoms with Crippen LogP contribution in [0.1, 0.15) is 20.3 Å². The zero-order valence-corrected chi connectivity index (χ0v) is 6.56. The molecule has 0 fully saturated rings. The first-order valence-corrected chi connectivity index (χ1v) is 3.39. The van der Waals surface area contributed by atoms with E-state index in [9.17, 15) is 4.79 Å². The molecule has 0 saturated heterocycles. The second-order valence-corrected chi connectivity index (χ2v) is 2.45. The molecule has 9 heavy (non-hydrogen) atoms. The van der Waals surface area contributed by atoms with Crippen LogP contribution in [0, 0.1) is 0 Å². The SMILES string of the molecule is CCC(Br)OC(C)=O.[NaH]. The van der Waals surface area contributed by atoms with E-state index in [1.165, 1.54) is 6.92 Å². The summed E-state index contributed by atoms with van der Waals surface area (Å²) in [6.07, 6.45) is 0.805. The topological polar surface area (TPSA) is 26.3 Å². The van der Waals surface area contributed by atoms with Gasteiger partial charge in [0.2, 0.25) is 0 Å². The van der Waals surface area contributed by atoms with Crippen LogP contribution in [0.5, 0.6) is 0 Å². The van der Waals surface area contributed by atoms with Crippen molar-refractivity contribution in [1.29, 1.82) is 0 Å². The molecule has 0 aliphatic carbocycles. The van der Waals surface area contributed by atoms with Gasteiger partial charge in [-0.3, -0.25) is 4.79 Å². The van der Waals surface area contributed by atoms with E-state index in [4.69, 9.17) is 0 Å². The van der Waals surface area contributed by atoms with Crippen LogP contribution in [0.3, 0.4) is 0 Å². The van der Waals surface area contributed by atoms with Gasteiger partial charge in [0.15, 0.2) is 5.01 Å². The number of hydrogen-bond acceptors (Lipinski definition) is 2. The molecule has 0 rings (SSSR count). The van der Waals surface area contributed by atoms with Crippen LogP contribution in [0.15, 0.2) is 0 Å². The van der Waals surface area contributed by atoms with Crippen LogP contribution in [-0.2, 0) is 9.53 Å². The van der Waals surface area contributed by atoms with Gasteiger partial charge in [0, 0.05) is 6.92 Å². The molecule has 0 heterocycles. The summed E-state index contributed by atoms with van der Waals surface area (Å²) in [6.45, 7) is 3.33. The third-order valence-corrected chi connectivity index (χ3v) is 1.45. The summed E-state index contributed by atoms with van der Waals surface area (Å²) in [5.41, 5.74) is 0. The molecule has 1 unspecified atom stereocenters. The van der Waals surface area contributed by atoms with Crippen LogP contribution < -0.4 is 0 Å². The van der Waals surface area contributed by atoms with Gasteiger partial charge in [-0.15, -0.1) is 0 Å². The molecule has 50 valence electrons. The first-order chi connectivity index (χ1) is 3.66. The molecule has 0 radical (unpaired) electrons. The standard InChI is InChI=1S/C5H9BrO2.Na.H/c1-3-5(6)8-4(2)7;;/h5H,3H2,1-2H3;;. The number of alkyl halides is 1. The Hall–Kier alpha value is 0.950. The molecule has 0 N–H and O–H groups in total.